The van der Waals surface area contributed by atoms with Crippen LogP contribution in [0.4, 0.5) is 0 Å². The number of benzene rings is 1. The van der Waals surface area contributed by atoms with Gasteiger partial charge in [-0.1, -0.05) is 0 Å². The molecule has 100 valence electrons. The first-order valence-electron chi connectivity index (χ1n) is 6.12. The monoisotopic (exact) mass is 277 g/mol. The van der Waals surface area contributed by atoms with Crippen LogP contribution in [0.1, 0.15) is 34.9 Å². The number of methoxy groups -OCH3 is 1. The molecule has 2 atom stereocenters. The van der Waals surface area contributed by atoms with Gasteiger partial charge in [0.2, 0.25) is 0 Å². The lowest BCUT2D eigenvalue weighted by Gasteiger charge is -2.29. The molecule has 1 N–H and O–H groups in total. The van der Waals surface area contributed by atoms with Crippen molar-refractivity contribution in [2.24, 2.45) is 0 Å². The second-order valence-corrected chi connectivity index (χ2v) is 5.62. The number of nitrogens with zero attached hydrogens (tertiary/aromatic N) is 1. The van der Waals surface area contributed by atoms with Gasteiger partial charge in [0.1, 0.15) is 17.6 Å². The molecule has 0 bridgehead atoms. The molecule has 0 saturated heterocycles. The van der Waals surface area contributed by atoms with E-state index in [0.29, 0.717) is 12.2 Å². The highest BCUT2D eigenvalue weighted by atomic mass is 32.1. The number of aryl methyl sites for hydroxylation is 1. The minimum absolute atomic E-state index is 0.195. The summed E-state index contributed by atoms with van der Waals surface area (Å²) in [6.45, 7) is 1.96. The van der Waals surface area contributed by atoms with Gasteiger partial charge in [-0.3, -0.25) is 0 Å². The van der Waals surface area contributed by atoms with Crippen LogP contribution in [0, 0.1) is 6.92 Å². The Morgan fingerprint density at radius 1 is 1.47 bits per heavy atom. The van der Waals surface area contributed by atoms with Crippen molar-refractivity contribution >= 4 is 11.3 Å². The maximum absolute atomic E-state index is 10.2. The van der Waals surface area contributed by atoms with Gasteiger partial charge in [-0.2, -0.15) is 0 Å². The fourth-order valence-corrected chi connectivity index (χ4v) is 2.91. The maximum Gasteiger partial charge on any atom is 0.144 e. The van der Waals surface area contributed by atoms with Crippen molar-refractivity contribution in [3.05, 3.63) is 39.8 Å². The summed E-state index contributed by atoms with van der Waals surface area (Å²) in [5.41, 5.74) is 1.69. The van der Waals surface area contributed by atoms with E-state index in [4.69, 9.17) is 9.47 Å². The molecule has 0 amide bonds. The number of fused-ring (bicyclic) bond motifs is 1. The minimum atomic E-state index is -0.526. The van der Waals surface area contributed by atoms with Crippen molar-refractivity contribution in [1.29, 1.82) is 0 Å². The standard InChI is InChI=1S/C14H15NO3S/c1-8-15-11(7-19-8)14-6-12(16)10-4-3-9(17-2)5-13(10)18-14/h3-5,7,12,14,16H,6H2,1-2H3/t12-,14?/m1/s1. The zero-order valence-corrected chi connectivity index (χ0v) is 11.6. The summed E-state index contributed by atoms with van der Waals surface area (Å²) in [6, 6.07) is 5.49. The Kier molecular flexibility index (Phi) is 3.16. The van der Waals surface area contributed by atoms with Crippen LogP contribution in [0.5, 0.6) is 11.5 Å². The first-order valence-corrected chi connectivity index (χ1v) is 7.00. The molecule has 1 unspecified atom stereocenters. The molecule has 1 aliphatic rings. The Morgan fingerprint density at radius 2 is 2.32 bits per heavy atom. The minimum Gasteiger partial charge on any atom is -0.497 e. The molecular weight excluding hydrogens is 262 g/mol. The average molecular weight is 277 g/mol. The number of thiazole rings is 1. The van der Waals surface area contributed by atoms with Gasteiger partial charge in [0, 0.05) is 23.4 Å². The summed E-state index contributed by atoms with van der Waals surface area (Å²) in [4.78, 5) is 4.44. The van der Waals surface area contributed by atoms with Crippen LogP contribution in [0.25, 0.3) is 0 Å². The van der Waals surface area contributed by atoms with E-state index in [1.165, 1.54) is 0 Å². The van der Waals surface area contributed by atoms with Gasteiger partial charge < -0.3 is 14.6 Å². The Hall–Kier alpha value is -1.59. The Balaban J connectivity index is 1.93. The fourth-order valence-electron chi connectivity index (χ4n) is 2.26. The van der Waals surface area contributed by atoms with E-state index >= 15 is 0 Å². The third-order valence-corrected chi connectivity index (χ3v) is 4.04. The number of hydrogen-bond donors (Lipinski definition) is 1. The topological polar surface area (TPSA) is 51.6 Å². The highest BCUT2D eigenvalue weighted by Gasteiger charge is 2.29. The Labute approximate surface area is 115 Å². The van der Waals surface area contributed by atoms with E-state index in [-0.39, 0.29) is 6.10 Å². The van der Waals surface area contributed by atoms with E-state index in [0.717, 1.165) is 22.0 Å². The molecule has 1 aromatic heterocycles. The lowest BCUT2D eigenvalue weighted by atomic mass is 9.98. The third kappa shape index (κ3) is 2.31. The summed E-state index contributed by atoms with van der Waals surface area (Å²) in [5, 5.41) is 13.2. The number of aromatic nitrogens is 1. The van der Waals surface area contributed by atoms with Gasteiger partial charge in [0.05, 0.1) is 23.9 Å². The highest BCUT2D eigenvalue weighted by molar-refractivity contribution is 7.09. The summed E-state index contributed by atoms with van der Waals surface area (Å²) in [7, 11) is 1.61. The third-order valence-electron chi connectivity index (χ3n) is 3.25. The number of aliphatic hydroxyl groups excluding tert-OH is 1. The smallest absolute Gasteiger partial charge is 0.144 e. The molecule has 2 heterocycles. The van der Waals surface area contributed by atoms with Crippen molar-refractivity contribution < 1.29 is 14.6 Å². The number of rotatable bonds is 2. The van der Waals surface area contributed by atoms with Gasteiger partial charge in [0.15, 0.2) is 0 Å². The molecule has 0 fully saturated rings. The number of ether oxygens (including phenoxy) is 2. The molecule has 1 aliphatic heterocycles. The lowest BCUT2D eigenvalue weighted by Crippen LogP contribution is -2.19. The normalized spacial score (nSPS) is 21.6. The van der Waals surface area contributed by atoms with Gasteiger partial charge in [0.25, 0.3) is 0 Å². The van der Waals surface area contributed by atoms with Gasteiger partial charge >= 0.3 is 0 Å². The first kappa shape index (κ1) is 12.4. The van der Waals surface area contributed by atoms with Crippen molar-refractivity contribution in [3.63, 3.8) is 0 Å². The molecule has 5 heteroatoms. The second-order valence-electron chi connectivity index (χ2n) is 4.55. The van der Waals surface area contributed by atoms with Crippen LogP contribution in [0.2, 0.25) is 0 Å². The van der Waals surface area contributed by atoms with Crippen LogP contribution < -0.4 is 9.47 Å². The van der Waals surface area contributed by atoms with Gasteiger partial charge in [-0.15, -0.1) is 11.3 Å². The summed E-state index contributed by atoms with van der Waals surface area (Å²) in [6.07, 6.45) is -0.191. The van der Waals surface area contributed by atoms with Gasteiger partial charge in [-0.25, -0.2) is 4.98 Å². The van der Waals surface area contributed by atoms with Crippen LogP contribution in [0.15, 0.2) is 23.6 Å². The van der Waals surface area contributed by atoms with Crippen molar-refractivity contribution in [1.82, 2.24) is 4.98 Å². The quantitative estimate of drug-likeness (QED) is 0.916. The van der Waals surface area contributed by atoms with E-state index < -0.39 is 6.10 Å². The van der Waals surface area contributed by atoms with E-state index in [1.54, 1.807) is 18.4 Å². The molecule has 1 aromatic carbocycles. The SMILES string of the molecule is COc1ccc2c(c1)OC(c1csc(C)n1)C[C@H]2O. The number of hydrogen-bond acceptors (Lipinski definition) is 5. The molecule has 0 spiro atoms. The molecule has 3 rings (SSSR count). The molecule has 0 aliphatic carbocycles. The average Bonchev–Trinajstić information content (AvgIpc) is 2.84. The molecular formula is C14H15NO3S. The first-order chi connectivity index (χ1) is 9.17. The molecule has 0 radical (unpaired) electrons. The summed E-state index contributed by atoms with van der Waals surface area (Å²) in [5.74, 6) is 1.40. The highest BCUT2D eigenvalue weighted by Crippen LogP contribution is 2.42. The zero-order valence-electron chi connectivity index (χ0n) is 10.8. The zero-order chi connectivity index (χ0) is 13.4. The predicted molar refractivity (Wildman–Crippen MR) is 72.8 cm³/mol. The summed E-state index contributed by atoms with van der Waals surface area (Å²) < 4.78 is 11.1. The second kappa shape index (κ2) is 4.83. The van der Waals surface area contributed by atoms with Crippen molar-refractivity contribution in [2.75, 3.05) is 7.11 Å². The molecule has 19 heavy (non-hydrogen) atoms. The van der Waals surface area contributed by atoms with E-state index in [9.17, 15) is 5.11 Å². The van der Waals surface area contributed by atoms with E-state index in [2.05, 4.69) is 4.98 Å². The fraction of sp³-hybridized carbons (Fsp3) is 0.357. The summed E-state index contributed by atoms with van der Waals surface area (Å²) >= 11 is 1.59. The Morgan fingerprint density at radius 3 is 3.00 bits per heavy atom. The Bertz CT molecular complexity index is 596. The molecule has 2 aromatic rings. The van der Waals surface area contributed by atoms with Crippen LogP contribution >= 0.6 is 11.3 Å². The van der Waals surface area contributed by atoms with Crippen LogP contribution in [0.3, 0.4) is 0 Å². The predicted octanol–water partition coefficient (Wildman–Crippen LogP) is 3.02. The molecule has 0 saturated carbocycles. The van der Waals surface area contributed by atoms with Gasteiger partial charge in [-0.05, 0) is 19.1 Å². The van der Waals surface area contributed by atoms with Crippen molar-refractivity contribution in [3.8, 4) is 11.5 Å². The van der Waals surface area contributed by atoms with Crippen molar-refractivity contribution in [2.45, 2.75) is 25.6 Å². The van der Waals surface area contributed by atoms with E-state index in [1.807, 2.05) is 30.5 Å². The number of aliphatic hydroxyl groups is 1. The molecule has 4 nitrogen and oxygen atoms in total. The van der Waals surface area contributed by atoms with Crippen LogP contribution in [-0.4, -0.2) is 17.2 Å². The maximum atomic E-state index is 10.2. The van der Waals surface area contributed by atoms with Crippen LogP contribution in [-0.2, 0) is 0 Å². The largest absolute Gasteiger partial charge is 0.497 e. The lowest BCUT2D eigenvalue weighted by molar-refractivity contribution is 0.0637.